The summed E-state index contributed by atoms with van der Waals surface area (Å²) in [6, 6.07) is 15.5. The van der Waals surface area contributed by atoms with Crippen LogP contribution in [0.15, 0.2) is 53.7 Å². The van der Waals surface area contributed by atoms with Gasteiger partial charge >= 0.3 is 5.97 Å². The Kier molecular flexibility index (Phi) is 4.20. The van der Waals surface area contributed by atoms with Crippen LogP contribution in [0.3, 0.4) is 0 Å². The fourth-order valence-electron chi connectivity index (χ4n) is 3.32. The molecule has 2 aliphatic rings. The van der Waals surface area contributed by atoms with Crippen molar-refractivity contribution in [3.05, 3.63) is 48.5 Å². The van der Waals surface area contributed by atoms with Crippen LogP contribution in [-0.2, 0) is 9.53 Å². The third-order valence-electron chi connectivity index (χ3n) is 4.65. The molecule has 0 unspecified atom stereocenters. The van der Waals surface area contributed by atoms with Gasteiger partial charge in [-0.05, 0) is 37.3 Å². The van der Waals surface area contributed by atoms with Crippen molar-refractivity contribution in [2.24, 2.45) is 0 Å². The average molecular weight is 395 g/mol. The zero-order valence-corrected chi connectivity index (χ0v) is 15.9. The molecule has 7 nitrogen and oxygen atoms in total. The minimum absolute atomic E-state index is 0.0774. The Morgan fingerprint density at radius 3 is 2.68 bits per heavy atom. The molecule has 0 radical (unpaired) electrons. The maximum atomic E-state index is 12.1. The van der Waals surface area contributed by atoms with E-state index in [1.807, 2.05) is 60.0 Å². The fraction of sp³-hybridized carbons (Fsp3) is 0.250. The first kappa shape index (κ1) is 17.1. The summed E-state index contributed by atoms with van der Waals surface area (Å²) >= 11 is 1.38. The van der Waals surface area contributed by atoms with Crippen LogP contribution in [-0.4, -0.2) is 38.9 Å². The van der Waals surface area contributed by atoms with Crippen molar-refractivity contribution in [1.82, 2.24) is 14.8 Å². The Morgan fingerprint density at radius 1 is 1.07 bits per heavy atom. The third kappa shape index (κ3) is 2.99. The second-order valence-electron chi connectivity index (χ2n) is 6.63. The molecular formula is C20H17N3O4S. The fourth-order valence-corrected chi connectivity index (χ4v) is 4.48. The van der Waals surface area contributed by atoms with Crippen LogP contribution >= 0.6 is 11.8 Å². The number of para-hydroxylation sites is 1. The summed E-state index contributed by atoms with van der Waals surface area (Å²) < 4.78 is 18.1. The maximum absolute atomic E-state index is 12.1. The Hall–Kier alpha value is -3.00. The van der Waals surface area contributed by atoms with Crippen molar-refractivity contribution < 1.29 is 19.0 Å². The van der Waals surface area contributed by atoms with Crippen LogP contribution in [0.4, 0.5) is 0 Å². The van der Waals surface area contributed by atoms with E-state index in [4.69, 9.17) is 14.2 Å². The summed E-state index contributed by atoms with van der Waals surface area (Å²) in [5.41, 5.74) is 1.77. The molecular weight excluding hydrogens is 378 g/mol. The minimum Gasteiger partial charge on any atom is -0.462 e. The number of hydrogen-bond acceptors (Lipinski definition) is 7. The van der Waals surface area contributed by atoms with Gasteiger partial charge in [-0.2, -0.15) is 0 Å². The molecule has 142 valence electrons. The first-order valence-electron chi connectivity index (χ1n) is 8.97. The van der Waals surface area contributed by atoms with E-state index in [0.29, 0.717) is 28.9 Å². The van der Waals surface area contributed by atoms with Crippen LogP contribution in [0.5, 0.6) is 11.5 Å². The monoisotopic (exact) mass is 395 g/mol. The normalized spacial score (nSPS) is 20.4. The topological polar surface area (TPSA) is 75.5 Å². The first-order valence-corrected chi connectivity index (χ1v) is 9.85. The number of ether oxygens (including phenoxy) is 3. The van der Waals surface area contributed by atoms with Gasteiger partial charge in [0.2, 0.25) is 6.79 Å². The van der Waals surface area contributed by atoms with E-state index in [1.165, 1.54) is 11.8 Å². The van der Waals surface area contributed by atoms with Crippen LogP contribution in [0.25, 0.3) is 17.1 Å². The zero-order valence-electron chi connectivity index (χ0n) is 15.1. The predicted molar refractivity (Wildman–Crippen MR) is 103 cm³/mol. The van der Waals surface area contributed by atoms with Gasteiger partial charge in [-0.1, -0.05) is 30.0 Å². The van der Waals surface area contributed by atoms with Crippen LogP contribution < -0.4 is 9.47 Å². The second-order valence-corrected chi connectivity index (χ2v) is 7.80. The zero-order chi connectivity index (χ0) is 19.1. The van der Waals surface area contributed by atoms with E-state index in [2.05, 4.69) is 10.2 Å². The number of esters is 1. The first-order chi connectivity index (χ1) is 13.7. The van der Waals surface area contributed by atoms with Gasteiger partial charge in [0.15, 0.2) is 22.5 Å². The minimum atomic E-state index is -0.286. The highest BCUT2D eigenvalue weighted by atomic mass is 32.2. The number of nitrogens with zero attached hydrogens (tertiary/aromatic N) is 3. The van der Waals surface area contributed by atoms with Gasteiger partial charge in [0.05, 0.1) is 0 Å². The van der Waals surface area contributed by atoms with E-state index in [1.54, 1.807) is 0 Å². The molecule has 2 aliphatic heterocycles. The van der Waals surface area contributed by atoms with Crippen LogP contribution in [0.1, 0.15) is 13.3 Å². The Morgan fingerprint density at radius 2 is 1.89 bits per heavy atom. The number of carbonyl (C=O) groups is 1. The molecule has 1 aromatic heterocycles. The molecule has 0 aliphatic carbocycles. The summed E-state index contributed by atoms with van der Waals surface area (Å²) in [6.07, 6.45) is 0.580. The summed E-state index contributed by atoms with van der Waals surface area (Å²) in [5, 5.41) is 9.16. The Balaban J connectivity index is 1.58. The molecule has 0 saturated carbocycles. The highest BCUT2D eigenvalue weighted by Gasteiger charge is 2.34. The lowest BCUT2D eigenvalue weighted by atomic mass is 10.2. The highest BCUT2D eigenvalue weighted by Crippen LogP contribution is 2.38. The third-order valence-corrected chi connectivity index (χ3v) is 5.80. The molecule has 2 aromatic carbocycles. The van der Waals surface area contributed by atoms with E-state index in [-0.39, 0.29) is 24.1 Å². The summed E-state index contributed by atoms with van der Waals surface area (Å²) in [4.78, 5) is 12.1. The van der Waals surface area contributed by atoms with Gasteiger partial charge in [-0.3, -0.25) is 9.36 Å². The molecule has 0 spiro atoms. The van der Waals surface area contributed by atoms with E-state index in [9.17, 15) is 4.79 Å². The Labute approximate surface area is 165 Å². The van der Waals surface area contributed by atoms with E-state index >= 15 is 0 Å². The number of carbonyl (C=O) groups excluding carboxylic acids is 1. The smallest absolute Gasteiger partial charge is 0.319 e. The van der Waals surface area contributed by atoms with Crippen molar-refractivity contribution in [2.75, 3.05) is 6.79 Å². The molecule has 1 saturated heterocycles. The van der Waals surface area contributed by atoms with Gasteiger partial charge in [-0.15, -0.1) is 10.2 Å². The molecule has 28 heavy (non-hydrogen) atoms. The lowest BCUT2D eigenvalue weighted by molar-refractivity contribution is -0.140. The quantitative estimate of drug-likeness (QED) is 0.626. The largest absolute Gasteiger partial charge is 0.462 e. The van der Waals surface area contributed by atoms with Crippen LogP contribution in [0, 0.1) is 0 Å². The summed E-state index contributed by atoms with van der Waals surface area (Å²) in [7, 11) is 0. The lowest BCUT2D eigenvalue weighted by Gasteiger charge is -2.11. The molecule has 0 amide bonds. The van der Waals surface area contributed by atoms with Gasteiger partial charge in [0.25, 0.3) is 0 Å². The van der Waals surface area contributed by atoms with Crippen molar-refractivity contribution in [2.45, 2.75) is 29.9 Å². The number of cyclic esters (lactones) is 1. The molecule has 3 aromatic rings. The summed E-state index contributed by atoms with van der Waals surface area (Å²) in [6.45, 7) is 2.12. The molecule has 5 rings (SSSR count). The Bertz CT molecular complexity index is 1040. The van der Waals surface area contributed by atoms with Crippen LogP contribution in [0.2, 0.25) is 0 Å². The van der Waals surface area contributed by atoms with E-state index in [0.717, 1.165) is 11.3 Å². The highest BCUT2D eigenvalue weighted by molar-refractivity contribution is 8.00. The molecule has 8 heteroatoms. The number of rotatable bonds is 4. The number of aromatic nitrogens is 3. The molecule has 2 atom stereocenters. The van der Waals surface area contributed by atoms with Crippen molar-refractivity contribution in [3.63, 3.8) is 0 Å². The van der Waals surface area contributed by atoms with Crippen molar-refractivity contribution in [3.8, 4) is 28.6 Å². The number of hydrogen-bond donors (Lipinski definition) is 0. The van der Waals surface area contributed by atoms with Gasteiger partial charge < -0.3 is 14.2 Å². The predicted octanol–water partition coefficient (Wildman–Crippen LogP) is 3.46. The van der Waals surface area contributed by atoms with Gasteiger partial charge in [0, 0.05) is 17.7 Å². The lowest BCUT2D eigenvalue weighted by Crippen LogP contribution is -2.11. The summed E-state index contributed by atoms with van der Waals surface area (Å²) in [5.74, 6) is 1.87. The molecule has 3 heterocycles. The number of fused-ring (bicyclic) bond motifs is 1. The second kappa shape index (κ2) is 6.87. The SMILES string of the molecule is C[C@H]1C[C@@H](Sc2nnc(-c3ccc4c(c3)OCO4)n2-c2ccccc2)C(=O)O1. The molecule has 0 N–H and O–H groups in total. The van der Waals surface area contributed by atoms with Gasteiger partial charge in [0.1, 0.15) is 11.4 Å². The van der Waals surface area contributed by atoms with Gasteiger partial charge in [-0.25, -0.2) is 0 Å². The standard InChI is InChI=1S/C20H17N3O4S/c1-12-9-17(19(24)27-12)28-20-22-21-18(23(20)14-5-3-2-4-6-14)13-7-8-15-16(10-13)26-11-25-15/h2-8,10,12,17H,9,11H2,1H3/t12-,17+/m0/s1. The average Bonchev–Trinajstić information content (AvgIpc) is 3.41. The van der Waals surface area contributed by atoms with Crippen molar-refractivity contribution in [1.29, 1.82) is 0 Å². The number of benzene rings is 2. The maximum Gasteiger partial charge on any atom is 0.319 e. The van der Waals surface area contributed by atoms with E-state index < -0.39 is 0 Å². The molecule has 1 fully saturated rings. The molecule has 0 bridgehead atoms. The number of thioether (sulfide) groups is 1. The van der Waals surface area contributed by atoms with Crippen molar-refractivity contribution >= 4 is 17.7 Å².